The Kier molecular flexibility index (Phi) is 7.09. The fourth-order valence-electron chi connectivity index (χ4n) is 2.32. The van der Waals surface area contributed by atoms with Gasteiger partial charge in [-0.05, 0) is 39.7 Å². The first kappa shape index (κ1) is 18.8. The fourth-order valence-corrected chi connectivity index (χ4v) is 3.11. The normalized spacial score (nSPS) is 12.0. The van der Waals surface area contributed by atoms with Crippen molar-refractivity contribution in [2.24, 2.45) is 0 Å². The van der Waals surface area contributed by atoms with Gasteiger partial charge in [-0.15, -0.1) is 0 Å². The van der Waals surface area contributed by atoms with Crippen molar-refractivity contribution < 1.29 is 14.4 Å². The van der Waals surface area contributed by atoms with Crippen LogP contribution < -0.4 is 15.0 Å². The second-order valence-electron chi connectivity index (χ2n) is 5.81. The van der Waals surface area contributed by atoms with Gasteiger partial charge in [0, 0.05) is 5.02 Å². The number of benzene rings is 2. The van der Waals surface area contributed by atoms with Crippen molar-refractivity contribution in [2.45, 2.75) is 6.04 Å². The lowest BCUT2D eigenvalue weighted by atomic mass is 10.1. The maximum Gasteiger partial charge on any atom is 0.258 e. The lowest BCUT2D eigenvalue weighted by Crippen LogP contribution is -3.06. The molecule has 0 fully saturated rings. The molecular formula is C18H21BrClN2O2+. The molecule has 0 radical (unpaired) electrons. The summed E-state index contributed by atoms with van der Waals surface area (Å²) in [6, 6.07) is 15.1. The number of rotatable bonds is 7. The molecule has 4 nitrogen and oxygen atoms in total. The zero-order chi connectivity index (χ0) is 17.5. The van der Waals surface area contributed by atoms with E-state index in [0.717, 1.165) is 16.6 Å². The number of carbonyl (C=O) groups is 1. The van der Waals surface area contributed by atoms with Gasteiger partial charge in [-0.2, -0.15) is 0 Å². The molecular weight excluding hydrogens is 392 g/mol. The molecule has 0 unspecified atom stereocenters. The molecule has 24 heavy (non-hydrogen) atoms. The van der Waals surface area contributed by atoms with Gasteiger partial charge >= 0.3 is 0 Å². The van der Waals surface area contributed by atoms with Crippen LogP contribution in [0.4, 0.5) is 0 Å². The van der Waals surface area contributed by atoms with Gasteiger partial charge in [-0.25, -0.2) is 0 Å². The van der Waals surface area contributed by atoms with Crippen LogP contribution in [0.1, 0.15) is 11.6 Å². The van der Waals surface area contributed by atoms with Gasteiger partial charge < -0.3 is 15.0 Å². The van der Waals surface area contributed by atoms with Gasteiger partial charge in [0.2, 0.25) is 0 Å². The predicted molar refractivity (Wildman–Crippen MR) is 99.7 cm³/mol. The van der Waals surface area contributed by atoms with E-state index in [1.54, 1.807) is 18.2 Å². The molecule has 0 aliphatic heterocycles. The predicted octanol–water partition coefficient (Wildman–Crippen LogP) is 2.48. The summed E-state index contributed by atoms with van der Waals surface area (Å²) in [5.41, 5.74) is 1.08. The smallest absolute Gasteiger partial charge is 0.258 e. The van der Waals surface area contributed by atoms with Crippen molar-refractivity contribution in [1.82, 2.24) is 5.32 Å². The Morgan fingerprint density at radius 1 is 1.25 bits per heavy atom. The summed E-state index contributed by atoms with van der Waals surface area (Å²) >= 11 is 9.27. The molecule has 0 aliphatic carbocycles. The first-order chi connectivity index (χ1) is 11.5. The molecule has 0 spiro atoms. The number of carbonyl (C=O) groups excluding carboxylic acids is 1. The van der Waals surface area contributed by atoms with Crippen LogP contribution in [-0.4, -0.2) is 33.2 Å². The lowest BCUT2D eigenvalue weighted by Gasteiger charge is -2.21. The van der Waals surface area contributed by atoms with Crippen LogP contribution in [0.5, 0.6) is 5.75 Å². The van der Waals surface area contributed by atoms with Gasteiger partial charge in [0.25, 0.3) is 5.91 Å². The maximum absolute atomic E-state index is 12.3. The molecule has 0 bridgehead atoms. The van der Waals surface area contributed by atoms with Crippen LogP contribution in [0.2, 0.25) is 5.02 Å². The molecule has 2 N–H and O–H groups in total. The molecule has 2 rings (SSSR count). The summed E-state index contributed by atoms with van der Waals surface area (Å²) in [6.45, 7) is 0.743. The number of hydrogen-bond donors (Lipinski definition) is 2. The Hall–Kier alpha value is -1.56. The van der Waals surface area contributed by atoms with E-state index in [-0.39, 0.29) is 18.6 Å². The minimum Gasteiger partial charge on any atom is -0.483 e. The zero-order valence-electron chi connectivity index (χ0n) is 13.7. The third-order valence-corrected chi connectivity index (χ3v) is 4.26. The molecule has 0 aromatic heterocycles. The summed E-state index contributed by atoms with van der Waals surface area (Å²) in [6.07, 6.45) is 0. The first-order valence-corrected chi connectivity index (χ1v) is 8.84. The van der Waals surface area contributed by atoms with E-state index >= 15 is 0 Å². The van der Waals surface area contributed by atoms with E-state index in [9.17, 15) is 4.79 Å². The number of likely N-dealkylation sites (N-methyl/N-ethyl adjacent to an activating group) is 1. The van der Waals surface area contributed by atoms with E-state index in [1.165, 1.54) is 4.90 Å². The van der Waals surface area contributed by atoms with Crippen LogP contribution in [0.15, 0.2) is 53.0 Å². The summed E-state index contributed by atoms with van der Waals surface area (Å²) < 4.78 is 6.29. The van der Waals surface area contributed by atoms with Gasteiger partial charge in [0.15, 0.2) is 6.61 Å². The molecule has 0 aliphatic rings. The molecule has 1 atom stereocenters. The summed E-state index contributed by atoms with van der Waals surface area (Å²) in [5.74, 6) is 0.427. The minimum atomic E-state index is -0.160. The Morgan fingerprint density at radius 2 is 1.96 bits per heavy atom. The topological polar surface area (TPSA) is 42.8 Å². The van der Waals surface area contributed by atoms with Crippen molar-refractivity contribution >= 4 is 33.4 Å². The van der Waals surface area contributed by atoms with Crippen LogP contribution in [0.25, 0.3) is 0 Å². The van der Waals surface area contributed by atoms with E-state index in [4.69, 9.17) is 16.3 Å². The summed E-state index contributed by atoms with van der Waals surface area (Å²) in [4.78, 5) is 13.5. The summed E-state index contributed by atoms with van der Waals surface area (Å²) in [7, 11) is 4.12. The standard InChI is InChI=1S/C18H20BrClN2O2/c1-22(2)11-16(13-6-4-3-5-7-13)21-18(23)12-24-17-9-8-14(20)10-15(17)19/h3-10,16H,11-12H2,1-2H3,(H,21,23)/p+1/t16-/m1/s1. The highest BCUT2D eigenvalue weighted by Gasteiger charge is 2.18. The van der Waals surface area contributed by atoms with Crippen molar-refractivity contribution in [3.63, 3.8) is 0 Å². The Labute approximate surface area is 155 Å². The largest absolute Gasteiger partial charge is 0.483 e. The highest BCUT2D eigenvalue weighted by Crippen LogP contribution is 2.27. The number of halogens is 2. The monoisotopic (exact) mass is 411 g/mol. The van der Waals surface area contributed by atoms with Crippen LogP contribution in [-0.2, 0) is 4.79 Å². The van der Waals surface area contributed by atoms with Gasteiger partial charge in [-0.3, -0.25) is 4.79 Å². The quantitative estimate of drug-likeness (QED) is 0.734. The maximum atomic E-state index is 12.3. The van der Waals surface area contributed by atoms with E-state index in [2.05, 4.69) is 35.3 Å². The third-order valence-electron chi connectivity index (χ3n) is 3.40. The van der Waals surface area contributed by atoms with Gasteiger partial charge in [0.05, 0.1) is 18.6 Å². The van der Waals surface area contributed by atoms with Crippen LogP contribution in [0.3, 0.4) is 0 Å². The molecule has 0 saturated carbocycles. The van der Waals surface area contributed by atoms with E-state index in [1.807, 2.05) is 30.3 Å². The molecule has 0 heterocycles. The van der Waals surface area contributed by atoms with Crippen LogP contribution >= 0.6 is 27.5 Å². The van der Waals surface area contributed by atoms with Crippen LogP contribution in [0, 0.1) is 0 Å². The fraction of sp³-hybridized carbons (Fsp3) is 0.278. The number of nitrogens with one attached hydrogen (secondary N) is 2. The second-order valence-corrected chi connectivity index (χ2v) is 7.10. The number of quaternary nitrogens is 1. The Bertz CT molecular complexity index is 680. The van der Waals surface area contributed by atoms with Crippen molar-refractivity contribution in [2.75, 3.05) is 27.2 Å². The highest BCUT2D eigenvalue weighted by atomic mass is 79.9. The molecule has 2 aromatic rings. The van der Waals surface area contributed by atoms with Gasteiger partial charge in [0.1, 0.15) is 18.3 Å². The Morgan fingerprint density at radius 3 is 2.58 bits per heavy atom. The van der Waals surface area contributed by atoms with E-state index < -0.39 is 0 Å². The average Bonchev–Trinajstić information content (AvgIpc) is 2.54. The highest BCUT2D eigenvalue weighted by molar-refractivity contribution is 9.10. The molecule has 1 amide bonds. The van der Waals surface area contributed by atoms with Crippen molar-refractivity contribution in [1.29, 1.82) is 0 Å². The number of amides is 1. The number of ether oxygens (including phenoxy) is 1. The zero-order valence-corrected chi connectivity index (χ0v) is 16.0. The van der Waals surface area contributed by atoms with Gasteiger partial charge in [-0.1, -0.05) is 41.9 Å². The average molecular weight is 413 g/mol. The third kappa shape index (κ3) is 5.82. The minimum absolute atomic E-state index is 0.0493. The summed E-state index contributed by atoms with van der Waals surface area (Å²) in [5, 5.41) is 3.65. The molecule has 0 saturated heterocycles. The van der Waals surface area contributed by atoms with Crippen molar-refractivity contribution in [3.05, 3.63) is 63.6 Å². The molecule has 2 aromatic carbocycles. The molecule has 128 valence electrons. The lowest BCUT2D eigenvalue weighted by molar-refractivity contribution is -0.860. The first-order valence-electron chi connectivity index (χ1n) is 7.67. The second kappa shape index (κ2) is 9.06. The van der Waals surface area contributed by atoms with Crippen molar-refractivity contribution in [3.8, 4) is 5.75 Å². The molecule has 6 heteroatoms. The van der Waals surface area contributed by atoms with E-state index in [0.29, 0.717) is 10.8 Å². The number of hydrogen-bond acceptors (Lipinski definition) is 2. The Balaban J connectivity index is 1.97. The SMILES string of the molecule is C[NH+](C)C[C@@H](NC(=O)COc1ccc(Cl)cc1Br)c1ccccc1.